The van der Waals surface area contributed by atoms with Crippen LogP contribution in [0, 0.1) is 5.92 Å². The van der Waals surface area contributed by atoms with Crippen molar-refractivity contribution in [3.8, 4) is 0 Å². The van der Waals surface area contributed by atoms with E-state index in [1.807, 2.05) is 0 Å². The average molecular weight is 290 g/mol. The summed E-state index contributed by atoms with van der Waals surface area (Å²) in [5, 5.41) is 0. The lowest BCUT2D eigenvalue weighted by Gasteiger charge is -2.36. The third-order valence-electron chi connectivity index (χ3n) is 4.02. The van der Waals surface area contributed by atoms with Crippen LogP contribution in [-0.2, 0) is 10.0 Å². The van der Waals surface area contributed by atoms with E-state index in [1.54, 1.807) is 0 Å². The van der Waals surface area contributed by atoms with Gasteiger partial charge in [0.25, 0.3) is 0 Å². The lowest BCUT2D eigenvalue weighted by Crippen LogP contribution is -2.58. The number of nitrogens with two attached hydrogens (primary N) is 1. The zero-order valence-electron chi connectivity index (χ0n) is 10.7. The summed E-state index contributed by atoms with van der Waals surface area (Å²) in [7, 11) is -3.26. The molecular weight excluding hydrogens is 268 g/mol. The van der Waals surface area contributed by atoms with Crippen LogP contribution in [0.2, 0.25) is 0 Å². The molecule has 0 aromatic heterocycles. The van der Waals surface area contributed by atoms with E-state index in [0.717, 1.165) is 38.5 Å². The lowest BCUT2D eigenvalue weighted by atomic mass is 9.82. The summed E-state index contributed by atoms with van der Waals surface area (Å²) in [5.41, 5.74) is 5.13. The third kappa shape index (κ3) is 3.65. The summed E-state index contributed by atoms with van der Waals surface area (Å²) in [4.78, 5) is 0.303. The van der Waals surface area contributed by atoms with Crippen molar-refractivity contribution in [3.05, 3.63) is 0 Å². The summed E-state index contributed by atoms with van der Waals surface area (Å²) in [5.74, 6) is 0.830. The molecule has 2 aliphatic carbocycles. The molecule has 2 fully saturated rings. The molecule has 2 aliphatic rings. The van der Waals surface area contributed by atoms with Crippen molar-refractivity contribution in [2.24, 2.45) is 11.7 Å². The van der Waals surface area contributed by atoms with Gasteiger partial charge < -0.3 is 5.73 Å². The molecule has 0 radical (unpaired) electrons. The molecule has 104 valence electrons. The maximum atomic E-state index is 12.1. The first-order valence-electron chi connectivity index (χ1n) is 6.75. The summed E-state index contributed by atoms with van der Waals surface area (Å²) in [6, 6.07) is 0. The Balaban J connectivity index is 2.00. The van der Waals surface area contributed by atoms with E-state index in [1.165, 1.54) is 12.8 Å². The largest absolute Gasteiger partial charge is 0.392 e. The first kappa shape index (κ1) is 14.2. The summed E-state index contributed by atoms with van der Waals surface area (Å²) < 4.78 is 27.0. The second kappa shape index (κ2) is 5.43. The van der Waals surface area contributed by atoms with Gasteiger partial charge >= 0.3 is 0 Å². The van der Waals surface area contributed by atoms with Crippen molar-refractivity contribution in [1.82, 2.24) is 4.72 Å². The smallest absolute Gasteiger partial charge is 0.212 e. The molecule has 2 rings (SSSR count). The molecule has 4 nitrogen and oxygen atoms in total. The minimum Gasteiger partial charge on any atom is -0.392 e. The van der Waals surface area contributed by atoms with Crippen molar-refractivity contribution in [2.45, 2.75) is 56.9 Å². The van der Waals surface area contributed by atoms with Gasteiger partial charge in [0.15, 0.2) is 0 Å². The third-order valence-corrected chi connectivity index (χ3v) is 5.89. The van der Waals surface area contributed by atoms with E-state index in [9.17, 15) is 8.42 Å². The molecule has 2 saturated carbocycles. The molecule has 0 amide bonds. The summed E-state index contributed by atoms with van der Waals surface area (Å²) >= 11 is 5.09. The zero-order chi connectivity index (χ0) is 13.2. The van der Waals surface area contributed by atoms with E-state index in [2.05, 4.69) is 4.72 Å². The van der Waals surface area contributed by atoms with Crippen LogP contribution in [0.4, 0.5) is 0 Å². The Morgan fingerprint density at radius 2 is 1.89 bits per heavy atom. The normalized spacial score (nSPS) is 23.8. The van der Waals surface area contributed by atoms with Gasteiger partial charge in [-0.25, -0.2) is 13.1 Å². The number of hydrogen-bond acceptors (Lipinski definition) is 3. The van der Waals surface area contributed by atoms with Crippen molar-refractivity contribution in [1.29, 1.82) is 0 Å². The average Bonchev–Trinajstić information content (AvgIpc) is 3.11. The van der Waals surface area contributed by atoms with Crippen LogP contribution in [0.1, 0.15) is 51.4 Å². The summed E-state index contributed by atoms with van der Waals surface area (Å²) in [6.07, 6.45) is 7.71. The van der Waals surface area contributed by atoms with Gasteiger partial charge in [0, 0.05) is 0 Å². The standard InChI is InChI=1S/C12H22N2O2S2/c13-11(17)12(7-2-1-3-8-12)14-18(15,16)9-6-10-4-5-10/h10,14H,1-9H2,(H2,13,17). The first-order valence-corrected chi connectivity index (χ1v) is 8.81. The van der Waals surface area contributed by atoms with Crippen molar-refractivity contribution in [3.63, 3.8) is 0 Å². The molecule has 0 unspecified atom stereocenters. The van der Waals surface area contributed by atoms with E-state index in [-0.39, 0.29) is 5.75 Å². The summed E-state index contributed by atoms with van der Waals surface area (Å²) in [6.45, 7) is 0. The highest BCUT2D eigenvalue weighted by molar-refractivity contribution is 7.89. The van der Waals surface area contributed by atoms with Crippen molar-refractivity contribution in [2.75, 3.05) is 5.75 Å². The molecule has 0 aliphatic heterocycles. The van der Waals surface area contributed by atoms with Crippen LogP contribution in [-0.4, -0.2) is 24.7 Å². The van der Waals surface area contributed by atoms with Gasteiger partial charge in [-0.3, -0.25) is 0 Å². The molecular formula is C12H22N2O2S2. The van der Waals surface area contributed by atoms with Gasteiger partial charge in [0.2, 0.25) is 10.0 Å². The van der Waals surface area contributed by atoms with E-state index < -0.39 is 15.6 Å². The van der Waals surface area contributed by atoms with Gasteiger partial charge in [-0.2, -0.15) is 0 Å². The molecule has 0 aromatic rings. The van der Waals surface area contributed by atoms with Gasteiger partial charge in [-0.15, -0.1) is 0 Å². The predicted molar refractivity (Wildman–Crippen MR) is 76.9 cm³/mol. The Morgan fingerprint density at radius 3 is 2.39 bits per heavy atom. The van der Waals surface area contributed by atoms with Crippen LogP contribution in [0.15, 0.2) is 0 Å². The number of nitrogens with one attached hydrogen (secondary N) is 1. The zero-order valence-corrected chi connectivity index (χ0v) is 12.3. The lowest BCUT2D eigenvalue weighted by molar-refractivity contribution is 0.353. The molecule has 18 heavy (non-hydrogen) atoms. The van der Waals surface area contributed by atoms with Crippen LogP contribution >= 0.6 is 12.2 Å². The van der Waals surface area contributed by atoms with Crippen LogP contribution in [0.25, 0.3) is 0 Å². The van der Waals surface area contributed by atoms with Crippen LogP contribution < -0.4 is 10.5 Å². The Labute approximate surface area is 115 Å². The SMILES string of the molecule is NC(=S)C1(NS(=O)(=O)CCC2CC2)CCCCC1. The molecule has 0 saturated heterocycles. The van der Waals surface area contributed by atoms with Gasteiger partial charge in [-0.05, 0) is 25.2 Å². The van der Waals surface area contributed by atoms with Crippen molar-refractivity contribution < 1.29 is 8.42 Å². The van der Waals surface area contributed by atoms with Gasteiger partial charge in [-0.1, -0.05) is 44.3 Å². The molecule has 0 spiro atoms. The minimum absolute atomic E-state index is 0.210. The predicted octanol–water partition coefficient (Wildman–Crippen LogP) is 1.69. The molecule has 3 N–H and O–H groups in total. The monoisotopic (exact) mass is 290 g/mol. The number of sulfonamides is 1. The van der Waals surface area contributed by atoms with Gasteiger partial charge in [0.05, 0.1) is 16.3 Å². The maximum Gasteiger partial charge on any atom is 0.212 e. The highest BCUT2D eigenvalue weighted by Gasteiger charge is 2.38. The van der Waals surface area contributed by atoms with E-state index in [0.29, 0.717) is 10.9 Å². The van der Waals surface area contributed by atoms with Gasteiger partial charge in [0.1, 0.15) is 0 Å². The number of thiocarbonyl (C=S) groups is 1. The quantitative estimate of drug-likeness (QED) is 0.730. The van der Waals surface area contributed by atoms with Crippen LogP contribution in [0.5, 0.6) is 0 Å². The molecule has 0 bridgehead atoms. The fourth-order valence-corrected chi connectivity index (χ4v) is 4.61. The Kier molecular flexibility index (Phi) is 4.29. The van der Waals surface area contributed by atoms with Crippen LogP contribution in [0.3, 0.4) is 0 Å². The van der Waals surface area contributed by atoms with Crippen molar-refractivity contribution >= 4 is 27.2 Å². The minimum atomic E-state index is -3.26. The Bertz CT molecular complexity index is 410. The first-order chi connectivity index (χ1) is 8.44. The highest BCUT2D eigenvalue weighted by Crippen LogP contribution is 2.33. The highest BCUT2D eigenvalue weighted by atomic mass is 32.2. The topological polar surface area (TPSA) is 72.2 Å². The number of hydrogen-bond donors (Lipinski definition) is 2. The Hall–Kier alpha value is -0.200. The second-order valence-corrected chi connectivity index (χ2v) is 7.94. The van der Waals surface area contributed by atoms with E-state index in [4.69, 9.17) is 18.0 Å². The molecule has 0 atom stereocenters. The molecule has 0 aromatic carbocycles. The second-order valence-electron chi connectivity index (χ2n) is 5.66. The number of rotatable bonds is 6. The Morgan fingerprint density at radius 1 is 1.28 bits per heavy atom. The fraction of sp³-hybridized carbons (Fsp3) is 0.917. The molecule has 6 heteroatoms. The fourth-order valence-electron chi connectivity index (χ4n) is 2.63. The molecule has 0 heterocycles. The van der Waals surface area contributed by atoms with E-state index >= 15 is 0 Å². The maximum absolute atomic E-state index is 12.1.